The first-order valence-corrected chi connectivity index (χ1v) is 9.84. The summed E-state index contributed by atoms with van der Waals surface area (Å²) >= 11 is 0. The molecule has 0 aromatic carbocycles. The largest absolute Gasteiger partial charge is 0.444 e. The van der Waals surface area contributed by atoms with Crippen molar-refractivity contribution in [1.82, 2.24) is 24.5 Å². The van der Waals surface area contributed by atoms with Crippen LogP contribution in [0, 0.1) is 0 Å². The third kappa shape index (κ3) is 4.01. The van der Waals surface area contributed by atoms with Crippen molar-refractivity contribution in [2.75, 3.05) is 18.8 Å². The molecule has 4 rings (SSSR count). The minimum absolute atomic E-state index is 0.0974. The summed E-state index contributed by atoms with van der Waals surface area (Å²) in [6.45, 7) is 6.89. The van der Waals surface area contributed by atoms with Gasteiger partial charge in [-0.15, -0.1) is 0 Å². The van der Waals surface area contributed by atoms with Gasteiger partial charge >= 0.3 is 6.09 Å². The number of amides is 1. The van der Waals surface area contributed by atoms with Gasteiger partial charge in [-0.25, -0.2) is 9.78 Å². The number of fused-ring (bicyclic) bond motifs is 1. The Hall–Kier alpha value is -3.16. The van der Waals surface area contributed by atoms with Gasteiger partial charge < -0.3 is 15.4 Å². The third-order valence-electron chi connectivity index (χ3n) is 4.98. The van der Waals surface area contributed by atoms with Crippen molar-refractivity contribution in [2.24, 2.45) is 0 Å². The normalized spacial score (nSPS) is 17.5. The third-order valence-corrected chi connectivity index (χ3v) is 4.98. The number of anilines is 1. The highest BCUT2D eigenvalue weighted by Crippen LogP contribution is 2.30. The molecule has 0 saturated carbocycles. The van der Waals surface area contributed by atoms with Crippen molar-refractivity contribution in [1.29, 1.82) is 0 Å². The Morgan fingerprint density at radius 2 is 2.14 bits per heavy atom. The predicted octanol–water partition coefficient (Wildman–Crippen LogP) is 3.49. The summed E-state index contributed by atoms with van der Waals surface area (Å²) in [5.74, 6) is 0.620. The maximum atomic E-state index is 12.5. The van der Waals surface area contributed by atoms with Gasteiger partial charge in [-0.1, -0.05) is 6.07 Å². The van der Waals surface area contributed by atoms with Crippen molar-refractivity contribution in [2.45, 2.75) is 45.1 Å². The smallest absolute Gasteiger partial charge is 0.410 e. The number of pyridine rings is 1. The Morgan fingerprint density at radius 3 is 2.86 bits per heavy atom. The second-order valence-electron chi connectivity index (χ2n) is 8.41. The molecule has 3 aromatic heterocycles. The molecule has 2 N–H and O–H groups in total. The number of carbonyl (C=O) groups excluding carboxylic acids is 1. The van der Waals surface area contributed by atoms with E-state index in [1.54, 1.807) is 28.0 Å². The highest BCUT2D eigenvalue weighted by Gasteiger charge is 2.29. The number of nitrogens with two attached hydrogens (primary N) is 1. The zero-order valence-electron chi connectivity index (χ0n) is 17.0. The van der Waals surface area contributed by atoms with Crippen molar-refractivity contribution >= 4 is 17.6 Å². The fourth-order valence-electron chi connectivity index (χ4n) is 3.65. The Bertz CT molecular complexity index is 1020. The van der Waals surface area contributed by atoms with Gasteiger partial charge in [0, 0.05) is 48.6 Å². The van der Waals surface area contributed by atoms with Gasteiger partial charge in [-0.2, -0.15) is 9.61 Å². The van der Waals surface area contributed by atoms with Crippen molar-refractivity contribution in [3.63, 3.8) is 0 Å². The molecule has 29 heavy (non-hydrogen) atoms. The van der Waals surface area contributed by atoms with Crippen LogP contribution in [0.15, 0.2) is 36.8 Å². The molecule has 0 bridgehead atoms. The topological polar surface area (TPSA) is 98.6 Å². The van der Waals surface area contributed by atoms with Crippen LogP contribution in [0.1, 0.15) is 45.2 Å². The van der Waals surface area contributed by atoms with E-state index < -0.39 is 5.60 Å². The van der Waals surface area contributed by atoms with Crippen LogP contribution in [-0.4, -0.2) is 49.3 Å². The van der Waals surface area contributed by atoms with E-state index in [2.05, 4.69) is 10.1 Å². The van der Waals surface area contributed by atoms with Crippen LogP contribution in [0.5, 0.6) is 0 Å². The molecule has 8 heteroatoms. The summed E-state index contributed by atoms with van der Waals surface area (Å²) in [4.78, 5) is 23.3. The summed E-state index contributed by atoms with van der Waals surface area (Å²) in [6.07, 6.45) is 6.83. The summed E-state index contributed by atoms with van der Waals surface area (Å²) < 4.78 is 7.18. The molecule has 8 nitrogen and oxygen atoms in total. The molecule has 1 unspecified atom stereocenters. The van der Waals surface area contributed by atoms with E-state index in [4.69, 9.17) is 15.5 Å². The standard InChI is InChI=1S/C21H26N6O2/c1-21(2,3)29-20(28)26-9-5-7-15(13-26)17-10-18(22)27-19(25-17)16(12-24-27)14-6-4-8-23-11-14/h4,6,8,10-12,15H,5,7,9,13,22H2,1-3H3. The second-order valence-corrected chi connectivity index (χ2v) is 8.41. The van der Waals surface area contributed by atoms with E-state index in [1.165, 1.54) is 0 Å². The number of aromatic nitrogens is 4. The maximum Gasteiger partial charge on any atom is 0.410 e. The van der Waals surface area contributed by atoms with Gasteiger partial charge in [0.05, 0.1) is 11.9 Å². The Balaban J connectivity index is 1.64. The van der Waals surface area contributed by atoms with Gasteiger partial charge in [0.15, 0.2) is 5.65 Å². The van der Waals surface area contributed by atoms with Gasteiger partial charge in [-0.05, 0) is 39.7 Å². The van der Waals surface area contributed by atoms with E-state index in [1.807, 2.05) is 39.0 Å². The fraction of sp³-hybridized carbons (Fsp3) is 0.429. The van der Waals surface area contributed by atoms with Gasteiger partial charge in [0.25, 0.3) is 0 Å². The molecule has 4 heterocycles. The number of piperidine rings is 1. The summed E-state index contributed by atoms with van der Waals surface area (Å²) in [7, 11) is 0. The van der Waals surface area contributed by atoms with E-state index >= 15 is 0 Å². The molecule has 1 saturated heterocycles. The lowest BCUT2D eigenvalue weighted by Crippen LogP contribution is -2.42. The fourth-order valence-corrected chi connectivity index (χ4v) is 3.65. The molecular weight excluding hydrogens is 368 g/mol. The highest BCUT2D eigenvalue weighted by atomic mass is 16.6. The van der Waals surface area contributed by atoms with Crippen molar-refractivity contribution in [3.8, 4) is 11.1 Å². The molecule has 152 valence electrons. The van der Waals surface area contributed by atoms with Crippen LogP contribution >= 0.6 is 0 Å². The lowest BCUT2D eigenvalue weighted by molar-refractivity contribution is 0.0197. The van der Waals surface area contributed by atoms with Crippen LogP contribution < -0.4 is 5.73 Å². The van der Waals surface area contributed by atoms with Crippen LogP contribution in [0.4, 0.5) is 10.6 Å². The average Bonchev–Trinajstić information content (AvgIpc) is 3.12. The van der Waals surface area contributed by atoms with E-state index in [-0.39, 0.29) is 12.0 Å². The van der Waals surface area contributed by atoms with Gasteiger partial charge in [0.2, 0.25) is 0 Å². The molecule has 1 amide bonds. The number of nitrogen functional groups attached to an aromatic ring is 1. The molecule has 1 atom stereocenters. The molecular formula is C21H26N6O2. The van der Waals surface area contributed by atoms with Crippen LogP contribution in [-0.2, 0) is 4.74 Å². The molecule has 1 aliphatic heterocycles. The zero-order valence-corrected chi connectivity index (χ0v) is 17.0. The summed E-state index contributed by atoms with van der Waals surface area (Å²) in [6, 6.07) is 5.71. The molecule has 3 aromatic rings. The highest BCUT2D eigenvalue weighted by molar-refractivity contribution is 5.77. The lowest BCUT2D eigenvalue weighted by Gasteiger charge is -2.34. The molecule has 1 aliphatic rings. The zero-order chi connectivity index (χ0) is 20.6. The monoisotopic (exact) mass is 394 g/mol. The minimum Gasteiger partial charge on any atom is -0.444 e. The van der Waals surface area contributed by atoms with Crippen molar-refractivity contribution < 1.29 is 9.53 Å². The van der Waals surface area contributed by atoms with E-state index in [0.29, 0.717) is 24.6 Å². The number of ether oxygens (including phenoxy) is 1. The number of hydrogen-bond acceptors (Lipinski definition) is 6. The second kappa shape index (κ2) is 7.35. The summed E-state index contributed by atoms with van der Waals surface area (Å²) in [5, 5.41) is 4.38. The molecule has 0 aliphatic carbocycles. The number of likely N-dealkylation sites (tertiary alicyclic amines) is 1. The number of rotatable bonds is 2. The number of hydrogen-bond donors (Lipinski definition) is 1. The first kappa shape index (κ1) is 19.2. The first-order valence-electron chi connectivity index (χ1n) is 9.84. The number of nitrogens with zero attached hydrogens (tertiary/aromatic N) is 5. The van der Waals surface area contributed by atoms with E-state index in [0.717, 1.165) is 29.7 Å². The van der Waals surface area contributed by atoms with Crippen molar-refractivity contribution in [3.05, 3.63) is 42.5 Å². The quantitative estimate of drug-likeness (QED) is 0.714. The minimum atomic E-state index is -0.512. The van der Waals surface area contributed by atoms with Crippen LogP contribution in [0.25, 0.3) is 16.8 Å². The van der Waals surface area contributed by atoms with Crippen LogP contribution in [0.3, 0.4) is 0 Å². The molecule has 1 fully saturated rings. The Morgan fingerprint density at radius 1 is 1.31 bits per heavy atom. The van der Waals surface area contributed by atoms with Crippen LogP contribution in [0.2, 0.25) is 0 Å². The van der Waals surface area contributed by atoms with E-state index in [9.17, 15) is 4.79 Å². The number of carbonyl (C=O) groups is 1. The van der Waals surface area contributed by atoms with Gasteiger partial charge in [-0.3, -0.25) is 4.98 Å². The summed E-state index contributed by atoms with van der Waals surface area (Å²) in [5.41, 5.74) is 9.14. The maximum absolute atomic E-state index is 12.5. The Kier molecular flexibility index (Phi) is 4.86. The predicted molar refractivity (Wildman–Crippen MR) is 110 cm³/mol. The molecule has 0 radical (unpaired) electrons. The first-order chi connectivity index (χ1) is 13.8. The molecule has 0 spiro atoms. The SMILES string of the molecule is CC(C)(C)OC(=O)N1CCCC(c2cc(N)n3ncc(-c4cccnc4)c3n2)C1. The Labute approximate surface area is 169 Å². The van der Waals surface area contributed by atoms with Gasteiger partial charge in [0.1, 0.15) is 11.4 Å². The lowest BCUT2D eigenvalue weighted by atomic mass is 9.94. The average molecular weight is 394 g/mol.